The van der Waals surface area contributed by atoms with E-state index in [1.54, 1.807) is 6.07 Å². The van der Waals surface area contributed by atoms with Crippen LogP contribution in [0.3, 0.4) is 0 Å². The zero-order valence-corrected chi connectivity index (χ0v) is 17.3. The molecule has 0 saturated carbocycles. The number of alkyl halides is 3. The van der Waals surface area contributed by atoms with Gasteiger partial charge >= 0.3 is 6.18 Å². The van der Waals surface area contributed by atoms with E-state index in [2.05, 4.69) is 14.8 Å². The van der Waals surface area contributed by atoms with E-state index in [4.69, 9.17) is 10.5 Å². The summed E-state index contributed by atoms with van der Waals surface area (Å²) < 4.78 is 74.2. The summed E-state index contributed by atoms with van der Waals surface area (Å²) in [5.74, 6) is 0.514. The lowest BCUT2D eigenvalue weighted by atomic mass is 10.1. The third-order valence-electron chi connectivity index (χ3n) is 4.68. The Balaban J connectivity index is 1.73. The number of nitrogens with one attached hydrogen (secondary N) is 1. The molecule has 2 heterocycles. The highest BCUT2D eigenvalue weighted by Gasteiger charge is 2.37. The molecule has 0 aliphatic heterocycles. The quantitative estimate of drug-likeness (QED) is 0.466. The maximum atomic E-state index is 13.3. The van der Waals surface area contributed by atoms with Crippen LogP contribution in [0.5, 0.6) is 5.75 Å². The van der Waals surface area contributed by atoms with Gasteiger partial charge in [0.15, 0.2) is 5.65 Å². The third kappa shape index (κ3) is 3.80. The van der Waals surface area contributed by atoms with Crippen LogP contribution in [-0.4, -0.2) is 30.1 Å². The standard InChI is InChI=1S/C20H16F3N5O3S/c1-31-16-10-12(27-32(29,30)17-5-3-2-4-15(17)20(21,22)23)6-7-13(16)14-11-25-18-8-9-26-28(18)19(14)24/h2-11,27H,24H2,1H3. The number of methoxy groups -OCH3 is 1. The fourth-order valence-corrected chi connectivity index (χ4v) is 4.50. The molecule has 0 aliphatic carbocycles. The van der Waals surface area contributed by atoms with Crippen LogP contribution in [0.1, 0.15) is 5.56 Å². The van der Waals surface area contributed by atoms with Crippen LogP contribution in [0.15, 0.2) is 65.8 Å². The fraction of sp³-hybridized carbons (Fsp3) is 0.100. The van der Waals surface area contributed by atoms with E-state index in [0.717, 1.165) is 12.1 Å². The zero-order valence-electron chi connectivity index (χ0n) is 16.5. The van der Waals surface area contributed by atoms with E-state index in [9.17, 15) is 21.6 Å². The fourth-order valence-electron chi connectivity index (χ4n) is 3.22. The van der Waals surface area contributed by atoms with Crippen molar-refractivity contribution in [1.29, 1.82) is 0 Å². The minimum absolute atomic E-state index is 0.00859. The average molecular weight is 463 g/mol. The monoisotopic (exact) mass is 463 g/mol. The van der Waals surface area contributed by atoms with Gasteiger partial charge in [-0.25, -0.2) is 13.4 Å². The second-order valence-electron chi connectivity index (χ2n) is 6.67. The molecule has 0 unspecified atom stereocenters. The topological polar surface area (TPSA) is 112 Å². The zero-order chi connectivity index (χ0) is 23.1. The molecule has 8 nitrogen and oxygen atoms in total. The van der Waals surface area contributed by atoms with Gasteiger partial charge in [-0.15, -0.1) is 0 Å². The predicted molar refractivity (Wildman–Crippen MR) is 112 cm³/mol. The smallest absolute Gasteiger partial charge is 0.417 e. The Morgan fingerprint density at radius 1 is 1.09 bits per heavy atom. The highest BCUT2D eigenvalue weighted by Crippen LogP contribution is 2.37. The Labute approximate surface area is 180 Å². The van der Waals surface area contributed by atoms with Gasteiger partial charge in [0.2, 0.25) is 0 Å². The van der Waals surface area contributed by atoms with Gasteiger partial charge < -0.3 is 10.5 Å². The Morgan fingerprint density at radius 2 is 1.84 bits per heavy atom. The van der Waals surface area contributed by atoms with Crippen LogP contribution in [0.25, 0.3) is 16.8 Å². The first-order valence-corrected chi connectivity index (χ1v) is 10.6. The molecule has 2 aromatic heterocycles. The van der Waals surface area contributed by atoms with Crippen LogP contribution in [0.4, 0.5) is 24.7 Å². The summed E-state index contributed by atoms with van der Waals surface area (Å²) >= 11 is 0. The summed E-state index contributed by atoms with van der Waals surface area (Å²) in [6.07, 6.45) is -1.77. The molecule has 0 aliphatic rings. The number of nitrogens with two attached hydrogens (primary N) is 1. The van der Waals surface area contributed by atoms with Gasteiger partial charge in [-0.05, 0) is 24.3 Å². The number of halogens is 3. The predicted octanol–water partition coefficient (Wildman–Crippen LogP) is 3.81. The molecule has 0 bridgehead atoms. The van der Waals surface area contributed by atoms with Crippen molar-refractivity contribution in [3.63, 3.8) is 0 Å². The molecule has 12 heteroatoms. The Bertz CT molecular complexity index is 1420. The molecule has 3 N–H and O–H groups in total. The average Bonchev–Trinajstić information content (AvgIpc) is 3.23. The van der Waals surface area contributed by atoms with Crippen molar-refractivity contribution in [2.24, 2.45) is 0 Å². The number of sulfonamides is 1. The second kappa shape index (κ2) is 7.71. The first-order chi connectivity index (χ1) is 15.1. The van der Waals surface area contributed by atoms with Crippen molar-refractivity contribution in [3.05, 3.63) is 66.5 Å². The van der Waals surface area contributed by atoms with Crippen LogP contribution in [0.2, 0.25) is 0 Å². The molecule has 0 saturated heterocycles. The van der Waals surface area contributed by atoms with E-state index in [0.29, 0.717) is 22.8 Å². The number of fused-ring (bicyclic) bond motifs is 1. The lowest BCUT2D eigenvalue weighted by molar-refractivity contribution is -0.139. The lowest BCUT2D eigenvalue weighted by Crippen LogP contribution is -2.18. The first kappa shape index (κ1) is 21.4. The van der Waals surface area contributed by atoms with Gasteiger partial charge in [-0.2, -0.15) is 22.8 Å². The molecule has 32 heavy (non-hydrogen) atoms. The summed E-state index contributed by atoms with van der Waals surface area (Å²) in [5.41, 5.74) is 6.44. The third-order valence-corrected chi connectivity index (χ3v) is 6.12. The van der Waals surface area contributed by atoms with Crippen molar-refractivity contribution < 1.29 is 26.3 Å². The maximum absolute atomic E-state index is 13.3. The van der Waals surface area contributed by atoms with E-state index < -0.39 is 26.7 Å². The summed E-state index contributed by atoms with van der Waals surface area (Å²) in [4.78, 5) is 3.37. The highest BCUT2D eigenvalue weighted by atomic mass is 32.2. The second-order valence-corrected chi connectivity index (χ2v) is 8.32. The number of hydrogen-bond donors (Lipinski definition) is 2. The number of rotatable bonds is 5. The number of hydrogen-bond acceptors (Lipinski definition) is 6. The number of nitrogens with zero attached hydrogens (tertiary/aromatic N) is 3. The largest absolute Gasteiger partial charge is 0.496 e. The highest BCUT2D eigenvalue weighted by molar-refractivity contribution is 7.92. The normalized spacial score (nSPS) is 12.1. The summed E-state index contributed by atoms with van der Waals surface area (Å²) in [7, 11) is -3.17. The van der Waals surface area contributed by atoms with E-state index in [1.807, 2.05) is 0 Å². The van der Waals surface area contributed by atoms with Crippen LogP contribution in [0, 0.1) is 0 Å². The molecule has 4 aromatic rings. The van der Waals surface area contributed by atoms with Gasteiger partial charge in [0, 0.05) is 29.5 Å². The minimum Gasteiger partial charge on any atom is -0.496 e. The molecular weight excluding hydrogens is 447 g/mol. The molecule has 4 rings (SSSR count). The molecule has 0 atom stereocenters. The molecule has 0 amide bonds. The molecule has 166 valence electrons. The molecule has 0 spiro atoms. The Morgan fingerprint density at radius 3 is 2.56 bits per heavy atom. The van der Waals surface area contributed by atoms with Crippen LogP contribution >= 0.6 is 0 Å². The molecule has 2 aromatic carbocycles. The number of nitrogen functional groups attached to an aromatic ring is 1. The SMILES string of the molecule is COc1cc(NS(=O)(=O)c2ccccc2C(F)(F)F)ccc1-c1cnc2ccnn2c1N. The Hall–Kier alpha value is -3.80. The summed E-state index contributed by atoms with van der Waals surface area (Å²) in [6.45, 7) is 0. The van der Waals surface area contributed by atoms with Crippen molar-refractivity contribution in [2.75, 3.05) is 17.6 Å². The van der Waals surface area contributed by atoms with Gasteiger partial charge in [0.05, 0.1) is 29.5 Å². The first-order valence-electron chi connectivity index (χ1n) is 9.07. The van der Waals surface area contributed by atoms with Gasteiger partial charge in [-0.1, -0.05) is 12.1 Å². The number of anilines is 2. The van der Waals surface area contributed by atoms with Gasteiger partial charge in [0.1, 0.15) is 11.6 Å². The number of benzene rings is 2. The van der Waals surface area contributed by atoms with Crippen molar-refractivity contribution in [2.45, 2.75) is 11.1 Å². The lowest BCUT2D eigenvalue weighted by Gasteiger charge is -2.16. The van der Waals surface area contributed by atoms with E-state index in [1.165, 1.54) is 48.3 Å². The van der Waals surface area contributed by atoms with Crippen molar-refractivity contribution in [1.82, 2.24) is 14.6 Å². The van der Waals surface area contributed by atoms with Gasteiger partial charge in [-0.3, -0.25) is 4.72 Å². The van der Waals surface area contributed by atoms with Crippen LogP contribution < -0.4 is 15.2 Å². The summed E-state index contributed by atoms with van der Waals surface area (Å²) in [6, 6.07) is 9.86. The Kier molecular flexibility index (Phi) is 5.17. The molecule has 0 radical (unpaired) electrons. The maximum Gasteiger partial charge on any atom is 0.417 e. The number of ether oxygens (including phenoxy) is 1. The van der Waals surface area contributed by atoms with E-state index in [-0.39, 0.29) is 17.3 Å². The van der Waals surface area contributed by atoms with Gasteiger partial charge in [0.25, 0.3) is 10.0 Å². The molecular formula is C20H16F3N5O3S. The molecule has 0 fully saturated rings. The van der Waals surface area contributed by atoms with Crippen molar-refractivity contribution >= 4 is 27.2 Å². The number of aromatic nitrogens is 3. The van der Waals surface area contributed by atoms with Crippen molar-refractivity contribution in [3.8, 4) is 16.9 Å². The minimum atomic E-state index is -4.83. The van der Waals surface area contributed by atoms with Crippen LogP contribution in [-0.2, 0) is 16.2 Å². The summed E-state index contributed by atoms with van der Waals surface area (Å²) in [5, 5.41) is 4.09. The van der Waals surface area contributed by atoms with E-state index >= 15 is 0 Å².